The molecule has 18 heavy (non-hydrogen) atoms. The Morgan fingerprint density at radius 3 is 2.17 bits per heavy atom. The number of alkyl halides is 3. The third-order valence-corrected chi connectivity index (χ3v) is 4.78. The molecule has 0 radical (unpaired) electrons. The summed E-state index contributed by atoms with van der Waals surface area (Å²) in [4.78, 5) is 0. The molecule has 0 bridgehead atoms. The molecular formula is C12H7Cl5O. The maximum atomic E-state index is 9.27. The van der Waals surface area contributed by atoms with Gasteiger partial charge in [0.2, 0.25) is 0 Å². The average Bonchev–Trinajstić information content (AvgIpc) is 2.29. The first kappa shape index (κ1) is 14.4. The number of allylic oxidation sites excluding steroid dienone is 4. The van der Waals surface area contributed by atoms with E-state index in [1.54, 1.807) is 12.1 Å². The first-order valence-corrected chi connectivity index (χ1v) is 6.87. The Labute approximate surface area is 130 Å². The zero-order valence-electron chi connectivity index (χ0n) is 8.80. The molecule has 0 aliphatic heterocycles. The van der Waals surface area contributed by atoms with Gasteiger partial charge in [-0.1, -0.05) is 58.5 Å². The molecule has 1 aromatic rings. The number of phenolic OH excluding ortho intramolecular Hbond substituents is 1. The molecule has 0 saturated carbocycles. The summed E-state index contributed by atoms with van der Waals surface area (Å²) in [6.07, 6.45) is 1.40. The Kier molecular flexibility index (Phi) is 4.10. The molecule has 1 unspecified atom stereocenters. The molecule has 0 fully saturated rings. The normalized spacial score (nSPS) is 22.9. The van der Waals surface area contributed by atoms with E-state index in [0.717, 1.165) is 0 Å². The third kappa shape index (κ3) is 2.61. The Balaban J connectivity index is 2.57. The van der Waals surface area contributed by atoms with Crippen LogP contribution in [0.25, 0.3) is 5.57 Å². The van der Waals surface area contributed by atoms with Crippen molar-refractivity contribution in [3.63, 3.8) is 0 Å². The monoisotopic (exact) mass is 342 g/mol. The molecule has 1 aliphatic rings. The van der Waals surface area contributed by atoms with Crippen LogP contribution >= 0.6 is 58.0 Å². The van der Waals surface area contributed by atoms with Crippen molar-refractivity contribution in [3.8, 4) is 5.75 Å². The second-order valence-electron chi connectivity index (χ2n) is 3.80. The van der Waals surface area contributed by atoms with Gasteiger partial charge in [0.15, 0.2) is 4.33 Å². The third-order valence-electron chi connectivity index (χ3n) is 2.53. The molecule has 0 aromatic heterocycles. The van der Waals surface area contributed by atoms with Crippen molar-refractivity contribution in [2.24, 2.45) is 0 Å². The summed E-state index contributed by atoms with van der Waals surface area (Å²) in [5, 5.41) is 9.09. The largest absolute Gasteiger partial charge is 0.508 e. The highest BCUT2D eigenvalue weighted by Crippen LogP contribution is 2.48. The Morgan fingerprint density at radius 2 is 1.61 bits per heavy atom. The minimum Gasteiger partial charge on any atom is -0.508 e. The summed E-state index contributed by atoms with van der Waals surface area (Å²) in [5.74, 6) is 0.141. The van der Waals surface area contributed by atoms with E-state index in [1.165, 1.54) is 18.2 Å². The van der Waals surface area contributed by atoms with Gasteiger partial charge in [-0.2, -0.15) is 0 Å². The lowest BCUT2D eigenvalue weighted by molar-refractivity contribution is 0.475. The number of halogens is 5. The number of rotatable bonds is 1. The molecule has 2 rings (SSSR count). The van der Waals surface area contributed by atoms with Crippen LogP contribution in [0.15, 0.2) is 40.4 Å². The number of hydrogen-bond donors (Lipinski definition) is 1. The van der Waals surface area contributed by atoms with Crippen LogP contribution in [0.1, 0.15) is 5.56 Å². The SMILES string of the molecule is Oc1ccc(C2=C(Cl)C(Cl)=CC(Cl)(Cl)C2Cl)cc1. The van der Waals surface area contributed by atoms with Crippen LogP contribution in [0, 0.1) is 0 Å². The zero-order valence-corrected chi connectivity index (χ0v) is 12.6. The fourth-order valence-electron chi connectivity index (χ4n) is 1.65. The molecule has 0 heterocycles. The van der Waals surface area contributed by atoms with E-state index in [-0.39, 0.29) is 10.8 Å². The number of aromatic hydroxyl groups is 1. The van der Waals surface area contributed by atoms with E-state index in [4.69, 9.17) is 58.0 Å². The Hall–Kier alpha value is -0.0500. The molecular weight excluding hydrogens is 337 g/mol. The molecule has 6 heteroatoms. The van der Waals surface area contributed by atoms with Gasteiger partial charge in [-0.25, -0.2) is 0 Å². The minimum absolute atomic E-state index is 0.141. The summed E-state index contributed by atoms with van der Waals surface area (Å²) in [5.41, 5.74) is 1.24. The van der Waals surface area contributed by atoms with Gasteiger partial charge in [-0.05, 0) is 23.8 Å². The lowest BCUT2D eigenvalue weighted by Gasteiger charge is -2.29. The van der Waals surface area contributed by atoms with Crippen molar-refractivity contribution < 1.29 is 5.11 Å². The summed E-state index contributed by atoms with van der Waals surface area (Å²) in [7, 11) is 0. The number of phenols is 1. The Bertz CT molecular complexity index is 530. The van der Waals surface area contributed by atoms with Gasteiger partial charge in [0.25, 0.3) is 0 Å². The van der Waals surface area contributed by atoms with Gasteiger partial charge in [0, 0.05) is 5.57 Å². The molecule has 1 aliphatic carbocycles. The van der Waals surface area contributed by atoms with Crippen LogP contribution < -0.4 is 0 Å². The lowest BCUT2D eigenvalue weighted by atomic mass is 9.96. The van der Waals surface area contributed by atoms with Crippen LogP contribution in [0.5, 0.6) is 5.75 Å². The lowest BCUT2D eigenvalue weighted by Crippen LogP contribution is -2.29. The van der Waals surface area contributed by atoms with Crippen LogP contribution in [-0.2, 0) is 0 Å². The molecule has 1 N–H and O–H groups in total. The predicted molar refractivity (Wildman–Crippen MR) is 78.9 cm³/mol. The van der Waals surface area contributed by atoms with Crippen LogP contribution in [-0.4, -0.2) is 14.8 Å². The minimum atomic E-state index is -1.33. The molecule has 1 atom stereocenters. The first-order valence-electron chi connectivity index (χ1n) is 4.92. The maximum absolute atomic E-state index is 9.27. The molecule has 0 amide bonds. The second kappa shape index (κ2) is 5.15. The topological polar surface area (TPSA) is 20.2 Å². The maximum Gasteiger partial charge on any atom is 0.158 e. The van der Waals surface area contributed by atoms with Crippen molar-refractivity contribution in [2.75, 3.05) is 0 Å². The Morgan fingerprint density at radius 1 is 1.06 bits per heavy atom. The smallest absolute Gasteiger partial charge is 0.158 e. The summed E-state index contributed by atoms with van der Waals surface area (Å²) in [6, 6.07) is 6.38. The van der Waals surface area contributed by atoms with Crippen molar-refractivity contribution in [1.29, 1.82) is 0 Å². The second-order valence-corrected chi connectivity index (χ2v) is 6.47. The summed E-state index contributed by atoms with van der Waals surface area (Å²) < 4.78 is -1.33. The highest BCUT2D eigenvalue weighted by Gasteiger charge is 2.40. The van der Waals surface area contributed by atoms with E-state index >= 15 is 0 Å². The van der Waals surface area contributed by atoms with Gasteiger partial charge in [0.1, 0.15) is 5.75 Å². The number of hydrogen-bond acceptors (Lipinski definition) is 1. The van der Waals surface area contributed by atoms with Gasteiger partial charge < -0.3 is 5.11 Å². The van der Waals surface area contributed by atoms with Crippen LogP contribution in [0.2, 0.25) is 0 Å². The van der Waals surface area contributed by atoms with Crippen molar-refractivity contribution in [2.45, 2.75) is 9.71 Å². The van der Waals surface area contributed by atoms with Gasteiger partial charge in [0.05, 0.1) is 15.4 Å². The predicted octanol–water partition coefficient (Wildman–Crippen LogP) is 5.26. The van der Waals surface area contributed by atoms with E-state index in [2.05, 4.69) is 0 Å². The van der Waals surface area contributed by atoms with Gasteiger partial charge in [-0.3, -0.25) is 0 Å². The van der Waals surface area contributed by atoms with E-state index < -0.39 is 9.71 Å². The average molecular weight is 344 g/mol. The summed E-state index contributed by atoms with van der Waals surface area (Å²) in [6.45, 7) is 0. The molecule has 0 saturated heterocycles. The zero-order chi connectivity index (χ0) is 13.5. The fourth-order valence-corrected chi connectivity index (χ4v) is 3.10. The molecule has 96 valence electrons. The highest BCUT2D eigenvalue weighted by atomic mass is 35.5. The standard InChI is InChI=1S/C12H7Cl5O/c13-8-5-12(16,17)11(15)9(10(8)14)6-1-3-7(18)4-2-6/h1-5,11,18H. The van der Waals surface area contributed by atoms with Crippen molar-refractivity contribution >= 4 is 63.6 Å². The highest BCUT2D eigenvalue weighted by molar-refractivity contribution is 6.58. The van der Waals surface area contributed by atoms with Gasteiger partial charge in [-0.15, -0.1) is 11.6 Å². The quantitative estimate of drug-likeness (QED) is 0.689. The van der Waals surface area contributed by atoms with Crippen molar-refractivity contribution in [3.05, 3.63) is 46.0 Å². The van der Waals surface area contributed by atoms with E-state index in [9.17, 15) is 5.11 Å². The van der Waals surface area contributed by atoms with Gasteiger partial charge >= 0.3 is 0 Å². The fraction of sp³-hybridized carbons (Fsp3) is 0.167. The number of benzene rings is 1. The molecule has 1 aromatic carbocycles. The van der Waals surface area contributed by atoms with Crippen molar-refractivity contribution in [1.82, 2.24) is 0 Å². The van der Waals surface area contributed by atoms with E-state index in [0.29, 0.717) is 16.2 Å². The van der Waals surface area contributed by atoms with Crippen LogP contribution in [0.4, 0.5) is 0 Å². The summed E-state index contributed by atoms with van der Waals surface area (Å²) >= 11 is 30.5. The van der Waals surface area contributed by atoms with Crippen LogP contribution in [0.3, 0.4) is 0 Å². The molecule has 1 nitrogen and oxygen atoms in total. The molecule has 0 spiro atoms. The van der Waals surface area contributed by atoms with E-state index in [1.807, 2.05) is 0 Å². The first-order chi connectivity index (χ1) is 8.33.